The van der Waals surface area contributed by atoms with Gasteiger partial charge in [-0.3, -0.25) is 4.79 Å². The molecule has 2 aromatic rings. The number of hydrogen-bond acceptors (Lipinski definition) is 5. The van der Waals surface area contributed by atoms with Crippen LogP contribution in [0.2, 0.25) is 0 Å². The molecule has 2 rings (SSSR count). The fraction of sp³-hybridized carbons (Fsp3) is 0.450. The van der Waals surface area contributed by atoms with Crippen LogP contribution in [0.15, 0.2) is 22.7 Å². The lowest BCUT2D eigenvalue weighted by molar-refractivity contribution is -0.150. The molecule has 7 nitrogen and oxygen atoms in total. The number of carbonyl (C=O) groups is 2. The third-order valence-electron chi connectivity index (χ3n) is 4.20. The summed E-state index contributed by atoms with van der Waals surface area (Å²) in [5.41, 5.74) is 2.37. The minimum absolute atomic E-state index is 0.0749. The first-order valence-electron chi connectivity index (χ1n) is 8.65. The van der Waals surface area contributed by atoms with E-state index in [0.29, 0.717) is 11.5 Å². The van der Waals surface area contributed by atoms with E-state index in [4.69, 9.17) is 9.63 Å². The average Bonchev–Trinajstić information content (AvgIpc) is 2.99. The predicted molar refractivity (Wildman–Crippen MR) is 100 cm³/mol. The second-order valence-electron chi connectivity index (χ2n) is 8.59. The number of aromatic nitrogens is 1. The third kappa shape index (κ3) is 4.67. The molecule has 0 bridgehead atoms. The van der Waals surface area contributed by atoms with E-state index in [0.717, 1.165) is 16.7 Å². The molecule has 0 atom stereocenters. The number of benzene rings is 1. The normalized spacial score (nSPS) is 12.1. The van der Waals surface area contributed by atoms with E-state index in [9.17, 15) is 14.7 Å². The summed E-state index contributed by atoms with van der Waals surface area (Å²) in [7, 11) is 0. The number of phenolic OH excluding ortho intramolecular Hbond substituents is 1. The van der Waals surface area contributed by atoms with Crippen molar-refractivity contribution in [3.05, 3.63) is 35.1 Å². The number of carboxylic acid groups (broad SMARTS) is 1. The molecule has 1 heterocycles. The molecule has 0 aliphatic carbocycles. The van der Waals surface area contributed by atoms with Crippen LogP contribution in [0.1, 0.15) is 58.4 Å². The van der Waals surface area contributed by atoms with Crippen LogP contribution in [0.5, 0.6) is 5.75 Å². The lowest BCUT2D eigenvalue weighted by Crippen LogP contribution is -2.29. The molecule has 1 aromatic heterocycles. The smallest absolute Gasteiger partial charge is 0.394 e. The maximum Gasteiger partial charge on any atom is 0.394 e. The maximum absolute atomic E-state index is 11.1. The Morgan fingerprint density at radius 2 is 1.56 bits per heavy atom. The van der Waals surface area contributed by atoms with Gasteiger partial charge >= 0.3 is 11.9 Å². The van der Waals surface area contributed by atoms with Gasteiger partial charge in [-0.1, -0.05) is 46.7 Å². The van der Waals surface area contributed by atoms with Crippen LogP contribution in [-0.2, 0) is 27.0 Å². The number of carboxylic acids is 1. The van der Waals surface area contributed by atoms with Crippen LogP contribution in [0.25, 0.3) is 11.3 Å². The molecule has 0 saturated carbocycles. The van der Waals surface area contributed by atoms with E-state index in [-0.39, 0.29) is 23.1 Å². The van der Waals surface area contributed by atoms with Gasteiger partial charge in [-0.05, 0) is 23.0 Å². The monoisotopic (exact) mass is 374 g/mol. The number of rotatable bonds is 3. The highest BCUT2D eigenvalue weighted by molar-refractivity contribution is 6.31. The van der Waals surface area contributed by atoms with E-state index in [2.05, 4.69) is 10.5 Å². The zero-order chi connectivity index (χ0) is 20.6. The zero-order valence-electron chi connectivity index (χ0n) is 16.5. The van der Waals surface area contributed by atoms with E-state index < -0.39 is 11.9 Å². The molecule has 0 saturated heterocycles. The van der Waals surface area contributed by atoms with E-state index in [1.54, 1.807) is 6.07 Å². The van der Waals surface area contributed by atoms with Gasteiger partial charge in [0.1, 0.15) is 11.4 Å². The molecular formula is C20H26N2O5. The summed E-state index contributed by atoms with van der Waals surface area (Å²) < 4.78 is 5.21. The molecule has 3 N–H and O–H groups in total. The van der Waals surface area contributed by atoms with Crippen molar-refractivity contribution in [1.82, 2.24) is 10.5 Å². The van der Waals surface area contributed by atoms with E-state index in [1.807, 2.05) is 53.7 Å². The lowest BCUT2D eigenvalue weighted by atomic mass is 9.78. The van der Waals surface area contributed by atoms with Crippen molar-refractivity contribution in [3.63, 3.8) is 0 Å². The van der Waals surface area contributed by atoms with Gasteiger partial charge in [0, 0.05) is 22.8 Å². The van der Waals surface area contributed by atoms with Crippen molar-refractivity contribution in [2.45, 2.75) is 58.9 Å². The molecule has 0 aliphatic rings. The number of carbonyl (C=O) groups excluding carboxylic acids is 1. The Balaban J connectivity index is 2.44. The summed E-state index contributed by atoms with van der Waals surface area (Å²) in [6, 6.07) is 5.40. The minimum Gasteiger partial charge on any atom is -0.507 e. The highest BCUT2D eigenvalue weighted by Gasteiger charge is 2.27. The Labute approximate surface area is 158 Å². The van der Waals surface area contributed by atoms with Gasteiger partial charge in [-0.15, -0.1) is 0 Å². The second kappa shape index (κ2) is 7.06. The first-order valence-corrected chi connectivity index (χ1v) is 8.65. The van der Waals surface area contributed by atoms with Crippen molar-refractivity contribution in [2.24, 2.45) is 0 Å². The summed E-state index contributed by atoms with van der Waals surface area (Å²) in [5.74, 6) is -2.06. The molecule has 0 aliphatic heterocycles. The number of aliphatic carboxylic acids is 1. The molecular weight excluding hydrogens is 348 g/mol. The predicted octanol–water partition coefficient (Wildman–Crippen LogP) is 3.34. The first kappa shape index (κ1) is 20.5. The summed E-state index contributed by atoms with van der Waals surface area (Å²) in [6.45, 7) is 12.1. The Morgan fingerprint density at radius 3 is 2.00 bits per heavy atom. The fourth-order valence-electron chi connectivity index (χ4n) is 2.70. The quantitative estimate of drug-likeness (QED) is 0.710. The Hall–Kier alpha value is -2.83. The molecule has 0 unspecified atom stereocenters. The number of nitrogens with one attached hydrogen (secondary N) is 1. The van der Waals surface area contributed by atoms with Crippen molar-refractivity contribution < 1.29 is 24.3 Å². The van der Waals surface area contributed by atoms with Crippen LogP contribution in [0.4, 0.5) is 0 Å². The van der Waals surface area contributed by atoms with E-state index in [1.165, 1.54) is 0 Å². The van der Waals surface area contributed by atoms with Gasteiger partial charge in [0.2, 0.25) is 0 Å². The van der Waals surface area contributed by atoms with Crippen molar-refractivity contribution in [1.29, 1.82) is 0 Å². The van der Waals surface area contributed by atoms with Crippen LogP contribution in [0.3, 0.4) is 0 Å². The van der Waals surface area contributed by atoms with Crippen LogP contribution in [-0.4, -0.2) is 27.2 Å². The fourth-order valence-corrected chi connectivity index (χ4v) is 2.70. The highest BCUT2D eigenvalue weighted by Crippen LogP contribution is 2.41. The standard InChI is InChI=1S/C20H26N2O5/c1-19(2,3)13-7-11(8-14(16(13)23)20(4,5)6)15-9-12(27-22-15)10-21-17(24)18(25)26/h7-9,23H,10H2,1-6H3,(H,21,24)(H,25,26). The highest BCUT2D eigenvalue weighted by atomic mass is 16.5. The summed E-state index contributed by atoms with van der Waals surface area (Å²) in [4.78, 5) is 21.7. The van der Waals surface area contributed by atoms with Gasteiger partial charge in [0.05, 0.1) is 6.54 Å². The second-order valence-corrected chi connectivity index (χ2v) is 8.59. The molecule has 0 spiro atoms. The molecule has 27 heavy (non-hydrogen) atoms. The largest absolute Gasteiger partial charge is 0.507 e. The number of aromatic hydroxyl groups is 1. The number of nitrogens with zero attached hydrogens (tertiary/aromatic N) is 1. The van der Waals surface area contributed by atoms with Gasteiger partial charge < -0.3 is 20.1 Å². The van der Waals surface area contributed by atoms with Crippen molar-refractivity contribution >= 4 is 11.9 Å². The summed E-state index contributed by atoms with van der Waals surface area (Å²) >= 11 is 0. The van der Waals surface area contributed by atoms with Crippen LogP contribution < -0.4 is 5.32 Å². The Morgan fingerprint density at radius 1 is 1.04 bits per heavy atom. The summed E-state index contributed by atoms with van der Waals surface area (Å²) in [5, 5.41) is 25.6. The summed E-state index contributed by atoms with van der Waals surface area (Å²) in [6.07, 6.45) is 0. The van der Waals surface area contributed by atoms with E-state index >= 15 is 0 Å². The lowest BCUT2D eigenvalue weighted by Gasteiger charge is -2.28. The van der Waals surface area contributed by atoms with Crippen molar-refractivity contribution in [3.8, 4) is 17.0 Å². The molecule has 0 fully saturated rings. The average molecular weight is 374 g/mol. The van der Waals surface area contributed by atoms with Crippen LogP contribution >= 0.6 is 0 Å². The molecule has 1 aromatic carbocycles. The number of hydrogen-bond donors (Lipinski definition) is 3. The Kier molecular flexibility index (Phi) is 5.35. The first-order chi connectivity index (χ1) is 12.3. The van der Waals surface area contributed by atoms with Crippen LogP contribution in [0, 0.1) is 0 Å². The third-order valence-corrected chi connectivity index (χ3v) is 4.20. The maximum atomic E-state index is 11.1. The van der Waals surface area contributed by atoms with Gasteiger partial charge in [0.25, 0.3) is 0 Å². The minimum atomic E-state index is -1.56. The topological polar surface area (TPSA) is 113 Å². The molecule has 7 heteroatoms. The van der Waals surface area contributed by atoms with Gasteiger partial charge in [-0.25, -0.2) is 4.79 Å². The zero-order valence-corrected chi connectivity index (χ0v) is 16.5. The van der Waals surface area contributed by atoms with Crippen molar-refractivity contribution in [2.75, 3.05) is 0 Å². The van der Waals surface area contributed by atoms with Gasteiger partial charge in [-0.2, -0.15) is 0 Å². The number of phenols is 1. The molecule has 0 radical (unpaired) electrons. The number of amides is 1. The Bertz CT molecular complexity index is 834. The van der Waals surface area contributed by atoms with Gasteiger partial charge in [0.15, 0.2) is 5.76 Å². The SMILES string of the molecule is CC(C)(C)c1cc(-c2cc(CNC(=O)C(=O)O)on2)cc(C(C)(C)C)c1O. The molecule has 1 amide bonds. The molecule has 146 valence electrons.